The molecule has 0 saturated heterocycles. The molecule has 0 heterocycles. The van der Waals surface area contributed by atoms with Crippen molar-refractivity contribution in [2.75, 3.05) is 24.0 Å². The molecule has 0 spiro atoms. The average molecular weight is 621 g/mol. The number of nitrogens with zero attached hydrogens (tertiary/aromatic N) is 2. The van der Waals surface area contributed by atoms with Gasteiger partial charge in [0.1, 0.15) is 18.3 Å². The van der Waals surface area contributed by atoms with E-state index in [1.54, 1.807) is 62.4 Å². The maximum atomic E-state index is 14.2. The SMILES string of the molecule is CCCNC(=O)[C@@H](CC)N(Cc1ccccc1Cl)C(=O)CN(c1ccccc1OCC)S(=O)(=O)c1ccc(Cl)cc1. The number of carbonyl (C=O) groups excluding carboxylic acids is 2. The van der Waals surface area contributed by atoms with Crippen LogP contribution in [0, 0.1) is 0 Å². The van der Waals surface area contributed by atoms with Crippen LogP contribution in [0.2, 0.25) is 10.0 Å². The van der Waals surface area contributed by atoms with E-state index in [1.165, 1.54) is 29.2 Å². The summed E-state index contributed by atoms with van der Waals surface area (Å²) in [5, 5.41) is 3.66. The highest BCUT2D eigenvalue weighted by molar-refractivity contribution is 7.92. The summed E-state index contributed by atoms with van der Waals surface area (Å²) in [6, 6.07) is 18.5. The third-order valence-electron chi connectivity index (χ3n) is 6.35. The fraction of sp³-hybridized carbons (Fsp3) is 0.333. The van der Waals surface area contributed by atoms with Gasteiger partial charge in [0.25, 0.3) is 10.0 Å². The Morgan fingerprint density at radius 1 is 0.927 bits per heavy atom. The minimum absolute atomic E-state index is 0.0124. The highest BCUT2D eigenvalue weighted by atomic mass is 35.5. The summed E-state index contributed by atoms with van der Waals surface area (Å²) in [6.07, 6.45) is 1.03. The molecule has 3 rings (SSSR count). The van der Waals surface area contributed by atoms with Gasteiger partial charge in [-0.3, -0.25) is 13.9 Å². The number of ether oxygens (including phenoxy) is 1. The fourth-order valence-corrected chi connectivity index (χ4v) is 6.03. The van der Waals surface area contributed by atoms with Crippen molar-refractivity contribution in [1.29, 1.82) is 0 Å². The van der Waals surface area contributed by atoms with Crippen molar-refractivity contribution in [3.05, 3.63) is 88.4 Å². The van der Waals surface area contributed by atoms with Crippen molar-refractivity contribution < 1.29 is 22.7 Å². The van der Waals surface area contributed by atoms with Crippen molar-refractivity contribution in [2.24, 2.45) is 0 Å². The molecule has 3 aromatic rings. The van der Waals surface area contributed by atoms with Gasteiger partial charge in [-0.1, -0.05) is 67.4 Å². The summed E-state index contributed by atoms with van der Waals surface area (Å²) >= 11 is 12.5. The summed E-state index contributed by atoms with van der Waals surface area (Å²) in [6.45, 7) is 5.68. The van der Waals surface area contributed by atoms with E-state index in [0.717, 1.165) is 10.7 Å². The van der Waals surface area contributed by atoms with Gasteiger partial charge in [0.05, 0.1) is 17.2 Å². The molecule has 0 aromatic heterocycles. The summed E-state index contributed by atoms with van der Waals surface area (Å²) in [4.78, 5) is 28.7. The molecule has 8 nitrogen and oxygen atoms in total. The number of carbonyl (C=O) groups is 2. The number of sulfonamides is 1. The zero-order valence-corrected chi connectivity index (χ0v) is 25.7. The lowest BCUT2D eigenvalue weighted by molar-refractivity contribution is -0.140. The van der Waals surface area contributed by atoms with Crippen LogP contribution in [0.5, 0.6) is 5.75 Å². The maximum Gasteiger partial charge on any atom is 0.264 e. The number of benzene rings is 3. The first-order valence-corrected chi connectivity index (χ1v) is 15.6. The second-order valence-corrected chi connectivity index (χ2v) is 11.9. The summed E-state index contributed by atoms with van der Waals surface area (Å²) in [7, 11) is -4.27. The molecule has 0 aliphatic heterocycles. The van der Waals surface area contributed by atoms with E-state index in [-0.39, 0.29) is 29.6 Å². The van der Waals surface area contributed by atoms with Gasteiger partial charge in [-0.2, -0.15) is 0 Å². The Labute approximate surface area is 252 Å². The largest absolute Gasteiger partial charge is 0.492 e. The van der Waals surface area contributed by atoms with E-state index in [9.17, 15) is 18.0 Å². The molecule has 0 saturated carbocycles. The predicted molar refractivity (Wildman–Crippen MR) is 163 cm³/mol. The first-order valence-electron chi connectivity index (χ1n) is 13.4. The number of rotatable bonds is 14. The summed E-state index contributed by atoms with van der Waals surface area (Å²) in [5.41, 5.74) is 0.824. The van der Waals surface area contributed by atoms with Gasteiger partial charge >= 0.3 is 0 Å². The third-order valence-corrected chi connectivity index (χ3v) is 8.74. The Balaban J connectivity index is 2.11. The Kier molecular flexibility index (Phi) is 11.9. The molecule has 41 heavy (non-hydrogen) atoms. The van der Waals surface area contributed by atoms with Gasteiger partial charge < -0.3 is 15.0 Å². The Bertz CT molecular complexity index is 1430. The van der Waals surface area contributed by atoms with Crippen LogP contribution in [-0.2, 0) is 26.2 Å². The van der Waals surface area contributed by atoms with Crippen molar-refractivity contribution in [3.8, 4) is 5.75 Å². The summed E-state index contributed by atoms with van der Waals surface area (Å²) < 4.78 is 34.8. The Morgan fingerprint density at radius 3 is 2.22 bits per heavy atom. The molecule has 0 aliphatic carbocycles. The minimum Gasteiger partial charge on any atom is -0.492 e. The van der Waals surface area contributed by atoms with Crippen molar-refractivity contribution >= 4 is 50.7 Å². The lowest BCUT2D eigenvalue weighted by atomic mass is 10.1. The van der Waals surface area contributed by atoms with Crippen LogP contribution >= 0.6 is 23.2 Å². The number of anilines is 1. The van der Waals surface area contributed by atoms with E-state index in [0.29, 0.717) is 34.3 Å². The lowest BCUT2D eigenvalue weighted by Gasteiger charge is -2.33. The van der Waals surface area contributed by atoms with E-state index in [2.05, 4.69) is 5.32 Å². The maximum absolute atomic E-state index is 14.2. The molecule has 2 amide bonds. The van der Waals surface area contributed by atoms with E-state index < -0.39 is 28.5 Å². The van der Waals surface area contributed by atoms with Crippen molar-refractivity contribution in [2.45, 2.75) is 51.1 Å². The quantitative estimate of drug-likeness (QED) is 0.242. The lowest BCUT2D eigenvalue weighted by Crippen LogP contribution is -2.52. The minimum atomic E-state index is -4.27. The number of nitrogens with one attached hydrogen (secondary N) is 1. The molecule has 0 bridgehead atoms. The molecule has 1 atom stereocenters. The van der Waals surface area contributed by atoms with E-state index in [1.807, 2.05) is 6.92 Å². The molecule has 0 unspecified atom stereocenters. The molecule has 11 heteroatoms. The number of hydrogen-bond acceptors (Lipinski definition) is 5. The van der Waals surface area contributed by atoms with Gasteiger partial charge in [0.2, 0.25) is 11.8 Å². The van der Waals surface area contributed by atoms with Crippen LogP contribution in [0.3, 0.4) is 0 Å². The smallest absolute Gasteiger partial charge is 0.264 e. The number of halogens is 2. The van der Waals surface area contributed by atoms with Gasteiger partial charge in [-0.05, 0) is 67.8 Å². The van der Waals surface area contributed by atoms with Crippen LogP contribution < -0.4 is 14.4 Å². The zero-order valence-electron chi connectivity index (χ0n) is 23.3. The van der Waals surface area contributed by atoms with Crippen LogP contribution in [0.25, 0.3) is 0 Å². The Hall–Kier alpha value is -3.27. The molecular weight excluding hydrogens is 585 g/mol. The van der Waals surface area contributed by atoms with Gasteiger partial charge in [-0.25, -0.2) is 8.42 Å². The van der Waals surface area contributed by atoms with Crippen LogP contribution in [0.4, 0.5) is 5.69 Å². The average Bonchev–Trinajstić information content (AvgIpc) is 2.96. The molecule has 3 aromatic carbocycles. The van der Waals surface area contributed by atoms with E-state index >= 15 is 0 Å². The first kappa shape index (κ1) is 32.2. The molecular formula is C30H35Cl2N3O5S. The Morgan fingerprint density at radius 2 is 1.59 bits per heavy atom. The highest BCUT2D eigenvalue weighted by Crippen LogP contribution is 2.33. The number of hydrogen-bond donors (Lipinski definition) is 1. The van der Waals surface area contributed by atoms with Crippen LogP contribution in [0.15, 0.2) is 77.7 Å². The van der Waals surface area contributed by atoms with Gasteiger partial charge in [-0.15, -0.1) is 0 Å². The second kappa shape index (κ2) is 15.1. The molecule has 0 radical (unpaired) electrons. The molecule has 0 aliphatic rings. The number of amides is 2. The monoisotopic (exact) mass is 619 g/mol. The van der Waals surface area contributed by atoms with E-state index in [4.69, 9.17) is 27.9 Å². The van der Waals surface area contributed by atoms with Crippen LogP contribution in [0.1, 0.15) is 39.2 Å². The normalized spacial score (nSPS) is 11.9. The van der Waals surface area contributed by atoms with Crippen molar-refractivity contribution in [1.82, 2.24) is 10.2 Å². The fourth-order valence-electron chi connectivity index (χ4n) is 4.28. The standard InChI is InChI=1S/C30H35Cl2N3O5S/c1-4-19-33-30(37)26(5-2)34(20-22-11-7-8-12-25(22)32)29(36)21-35(27-13-9-10-14-28(27)40-6-3)41(38,39)24-17-15-23(31)16-18-24/h7-18,26H,4-6,19-21H2,1-3H3,(H,33,37)/t26-/m1/s1. The zero-order chi connectivity index (χ0) is 30.0. The summed E-state index contributed by atoms with van der Waals surface area (Å²) in [5.74, 6) is -0.602. The van der Waals surface area contributed by atoms with Crippen molar-refractivity contribution in [3.63, 3.8) is 0 Å². The molecule has 1 N–H and O–H groups in total. The highest BCUT2D eigenvalue weighted by Gasteiger charge is 2.35. The molecule has 220 valence electrons. The second-order valence-electron chi connectivity index (χ2n) is 9.19. The third kappa shape index (κ3) is 8.15. The van der Waals surface area contributed by atoms with Gasteiger partial charge in [0.15, 0.2) is 0 Å². The van der Waals surface area contributed by atoms with Gasteiger partial charge in [0, 0.05) is 23.1 Å². The van der Waals surface area contributed by atoms with Crippen LogP contribution in [-0.4, -0.2) is 50.9 Å². The molecule has 0 fully saturated rings. The first-order chi connectivity index (χ1) is 19.6. The topological polar surface area (TPSA) is 96.0 Å². The number of para-hydroxylation sites is 2. The predicted octanol–water partition coefficient (Wildman–Crippen LogP) is 5.92.